The molecule has 2 aliphatic rings. The summed E-state index contributed by atoms with van der Waals surface area (Å²) in [5.41, 5.74) is 2.97. The van der Waals surface area contributed by atoms with E-state index >= 15 is 0 Å². The highest BCUT2D eigenvalue weighted by Gasteiger charge is 2.19. The number of hydrogen-bond acceptors (Lipinski definition) is 4. The van der Waals surface area contributed by atoms with Crippen molar-refractivity contribution in [2.45, 2.75) is 45.4 Å². The number of piperazine rings is 1. The number of nitrogens with zero attached hydrogens (tertiary/aromatic N) is 2. The van der Waals surface area contributed by atoms with Gasteiger partial charge in [-0.15, -0.1) is 0 Å². The highest BCUT2D eigenvalue weighted by Crippen LogP contribution is 2.30. The molecule has 2 heterocycles. The molecular formula is C22H30N4O. The molecule has 0 spiro atoms. The van der Waals surface area contributed by atoms with Crippen molar-refractivity contribution in [1.29, 1.82) is 0 Å². The van der Waals surface area contributed by atoms with Crippen molar-refractivity contribution in [3.8, 4) is 0 Å². The van der Waals surface area contributed by atoms with E-state index in [0.717, 1.165) is 54.2 Å². The van der Waals surface area contributed by atoms with Crippen LogP contribution in [-0.2, 0) is 4.79 Å². The number of carbonyl (C=O) groups excluding carboxylic acids is 1. The van der Waals surface area contributed by atoms with Crippen LogP contribution in [0, 0.1) is 12.8 Å². The van der Waals surface area contributed by atoms with Gasteiger partial charge in [-0.25, -0.2) is 4.98 Å². The smallest absolute Gasteiger partial charge is 0.224 e. The molecule has 144 valence electrons. The van der Waals surface area contributed by atoms with Crippen molar-refractivity contribution >= 4 is 28.3 Å². The maximum Gasteiger partial charge on any atom is 0.224 e. The molecule has 2 fully saturated rings. The van der Waals surface area contributed by atoms with Crippen molar-refractivity contribution in [3.05, 3.63) is 29.8 Å². The molecule has 0 bridgehead atoms. The van der Waals surface area contributed by atoms with Crippen LogP contribution in [0.25, 0.3) is 10.9 Å². The van der Waals surface area contributed by atoms with Gasteiger partial charge in [0, 0.05) is 38.0 Å². The van der Waals surface area contributed by atoms with Crippen LogP contribution >= 0.6 is 0 Å². The van der Waals surface area contributed by atoms with Gasteiger partial charge < -0.3 is 15.5 Å². The van der Waals surface area contributed by atoms with E-state index in [1.54, 1.807) is 0 Å². The zero-order valence-electron chi connectivity index (χ0n) is 16.3. The number of benzene rings is 1. The van der Waals surface area contributed by atoms with E-state index < -0.39 is 0 Å². The number of fused-ring (bicyclic) bond motifs is 1. The molecule has 2 aromatic rings. The second-order valence-corrected chi connectivity index (χ2v) is 7.99. The largest absolute Gasteiger partial charge is 0.354 e. The minimum Gasteiger partial charge on any atom is -0.354 e. The fraction of sp³-hybridized carbons (Fsp3) is 0.545. The zero-order chi connectivity index (χ0) is 18.6. The minimum atomic E-state index is 0.142. The van der Waals surface area contributed by atoms with Gasteiger partial charge in [0.2, 0.25) is 5.91 Å². The predicted molar refractivity (Wildman–Crippen MR) is 111 cm³/mol. The maximum atomic E-state index is 12.6. The van der Waals surface area contributed by atoms with E-state index in [1.165, 1.54) is 32.1 Å². The van der Waals surface area contributed by atoms with Gasteiger partial charge in [-0.1, -0.05) is 25.3 Å². The number of aryl methyl sites for hydroxylation is 1. The van der Waals surface area contributed by atoms with Crippen LogP contribution < -0.4 is 15.5 Å². The molecule has 1 saturated carbocycles. The molecular weight excluding hydrogens is 336 g/mol. The Morgan fingerprint density at radius 2 is 1.93 bits per heavy atom. The van der Waals surface area contributed by atoms with Gasteiger partial charge >= 0.3 is 0 Å². The Morgan fingerprint density at radius 1 is 1.15 bits per heavy atom. The number of hydrogen-bond donors (Lipinski definition) is 2. The second kappa shape index (κ2) is 8.26. The van der Waals surface area contributed by atoms with Crippen molar-refractivity contribution in [2.75, 3.05) is 36.4 Å². The monoisotopic (exact) mass is 366 g/mol. The summed E-state index contributed by atoms with van der Waals surface area (Å²) in [6, 6.07) is 8.33. The highest BCUT2D eigenvalue weighted by molar-refractivity contribution is 6.02. The van der Waals surface area contributed by atoms with Crippen LogP contribution in [-0.4, -0.2) is 37.1 Å². The predicted octanol–water partition coefficient (Wildman–Crippen LogP) is 3.86. The average Bonchev–Trinajstić information content (AvgIpc) is 2.71. The van der Waals surface area contributed by atoms with Crippen LogP contribution in [0.5, 0.6) is 0 Å². The van der Waals surface area contributed by atoms with Crippen LogP contribution in [0.15, 0.2) is 24.3 Å². The molecule has 1 saturated heterocycles. The lowest BCUT2D eigenvalue weighted by Crippen LogP contribution is -2.43. The first-order valence-electron chi connectivity index (χ1n) is 10.4. The summed E-state index contributed by atoms with van der Waals surface area (Å²) in [4.78, 5) is 19.8. The first kappa shape index (κ1) is 18.2. The van der Waals surface area contributed by atoms with Gasteiger partial charge in [-0.2, -0.15) is 0 Å². The van der Waals surface area contributed by atoms with E-state index in [-0.39, 0.29) is 5.91 Å². The zero-order valence-corrected chi connectivity index (χ0v) is 16.3. The summed E-state index contributed by atoms with van der Waals surface area (Å²) in [5, 5.41) is 7.61. The summed E-state index contributed by atoms with van der Waals surface area (Å²) in [6.07, 6.45) is 6.88. The van der Waals surface area contributed by atoms with Crippen molar-refractivity contribution in [2.24, 2.45) is 5.92 Å². The molecule has 2 N–H and O–H groups in total. The van der Waals surface area contributed by atoms with E-state index in [2.05, 4.69) is 46.7 Å². The molecule has 5 heteroatoms. The first-order chi connectivity index (χ1) is 13.2. The Balaban J connectivity index is 1.54. The van der Waals surface area contributed by atoms with Crippen LogP contribution in [0.4, 0.5) is 11.5 Å². The Hall–Kier alpha value is -2.14. The summed E-state index contributed by atoms with van der Waals surface area (Å²) >= 11 is 0. The van der Waals surface area contributed by atoms with Gasteiger partial charge in [-0.3, -0.25) is 4.79 Å². The highest BCUT2D eigenvalue weighted by atomic mass is 16.1. The van der Waals surface area contributed by atoms with Gasteiger partial charge in [0.15, 0.2) is 0 Å². The van der Waals surface area contributed by atoms with Crippen molar-refractivity contribution in [1.82, 2.24) is 10.3 Å². The van der Waals surface area contributed by atoms with Gasteiger partial charge in [0.1, 0.15) is 5.82 Å². The third kappa shape index (κ3) is 4.24. The lowest BCUT2D eigenvalue weighted by molar-refractivity contribution is -0.117. The summed E-state index contributed by atoms with van der Waals surface area (Å²) < 4.78 is 0. The number of carbonyl (C=O) groups is 1. The number of amides is 1. The molecule has 0 atom stereocenters. The van der Waals surface area contributed by atoms with Crippen molar-refractivity contribution in [3.63, 3.8) is 0 Å². The molecule has 0 unspecified atom stereocenters. The van der Waals surface area contributed by atoms with Crippen molar-refractivity contribution < 1.29 is 4.79 Å². The normalized spacial score (nSPS) is 18.6. The standard InChI is InChI=1S/C22H30N4O/c1-16-7-9-19-18(8-10-20(24-19)26-13-11-23-12-14-26)22(16)25-21(27)15-17-5-3-2-4-6-17/h7-10,17,23H,2-6,11-15H2,1H3,(H,25,27). The minimum absolute atomic E-state index is 0.142. The third-order valence-corrected chi connectivity index (χ3v) is 5.97. The number of pyridine rings is 1. The van der Waals surface area contributed by atoms with Crippen LogP contribution in [0.2, 0.25) is 0 Å². The topological polar surface area (TPSA) is 57.3 Å². The lowest BCUT2D eigenvalue weighted by atomic mass is 9.87. The number of aromatic nitrogens is 1. The quantitative estimate of drug-likeness (QED) is 0.863. The molecule has 1 aromatic heterocycles. The summed E-state index contributed by atoms with van der Waals surface area (Å²) in [6.45, 7) is 6.01. The molecule has 5 nitrogen and oxygen atoms in total. The molecule has 1 aliphatic carbocycles. The first-order valence-corrected chi connectivity index (χ1v) is 10.4. The van der Waals surface area contributed by atoms with Gasteiger partial charge in [-0.05, 0) is 49.4 Å². The fourth-order valence-electron chi connectivity index (χ4n) is 4.38. The number of nitrogens with one attached hydrogen (secondary N) is 2. The van der Waals surface area contributed by atoms with Gasteiger partial charge in [0.25, 0.3) is 0 Å². The van der Waals surface area contributed by atoms with Crippen LogP contribution in [0.1, 0.15) is 44.1 Å². The molecule has 1 aromatic carbocycles. The van der Waals surface area contributed by atoms with Crippen LogP contribution in [0.3, 0.4) is 0 Å². The van der Waals surface area contributed by atoms with E-state index in [0.29, 0.717) is 12.3 Å². The number of rotatable bonds is 4. The number of anilines is 2. The molecule has 1 amide bonds. The average molecular weight is 367 g/mol. The Kier molecular flexibility index (Phi) is 5.58. The fourth-order valence-corrected chi connectivity index (χ4v) is 4.38. The van der Waals surface area contributed by atoms with E-state index in [4.69, 9.17) is 4.98 Å². The SMILES string of the molecule is Cc1ccc2nc(N3CCNCC3)ccc2c1NC(=O)CC1CCCCC1. The van der Waals surface area contributed by atoms with E-state index in [1.807, 2.05) is 0 Å². The Labute approximate surface area is 161 Å². The molecule has 1 aliphatic heterocycles. The maximum absolute atomic E-state index is 12.6. The van der Waals surface area contributed by atoms with E-state index in [9.17, 15) is 4.79 Å². The second-order valence-electron chi connectivity index (χ2n) is 7.99. The van der Waals surface area contributed by atoms with Gasteiger partial charge in [0.05, 0.1) is 11.2 Å². The Morgan fingerprint density at radius 3 is 2.70 bits per heavy atom. The molecule has 4 rings (SSSR count). The Bertz CT molecular complexity index is 807. The summed E-state index contributed by atoms with van der Waals surface area (Å²) in [7, 11) is 0. The molecule has 0 radical (unpaired) electrons. The lowest BCUT2D eigenvalue weighted by Gasteiger charge is -2.28. The summed E-state index contributed by atoms with van der Waals surface area (Å²) in [5.74, 6) is 1.71. The third-order valence-electron chi connectivity index (χ3n) is 5.97. The molecule has 27 heavy (non-hydrogen) atoms.